The van der Waals surface area contributed by atoms with Crippen molar-refractivity contribution >= 4 is 29.1 Å². The first-order chi connectivity index (χ1) is 12.5. The number of rotatable bonds is 4. The molecule has 1 aliphatic heterocycles. The van der Waals surface area contributed by atoms with Gasteiger partial charge in [-0.1, -0.05) is 6.58 Å². The van der Waals surface area contributed by atoms with Crippen LogP contribution in [0.2, 0.25) is 0 Å². The predicted molar refractivity (Wildman–Crippen MR) is 96.7 cm³/mol. The van der Waals surface area contributed by atoms with Gasteiger partial charge in [-0.15, -0.1) is 0 Å². The fraction of sp³-hybridized carbons (Fsp3) is 0.222. The molecule has 1 N–H and O–H groups in total. The summed E-state index contributed by atoms with van der Waals surface area (Å²) in [5.41, 5.74) is 1.76. The van der Waals surface area contributed by atoms with Gasteiger partial charge in [-0.05, 0) is 30.3 Å². The third kappa shape index (κ3) is 3.64. The van der Waals surface area contributed by atoms with Gasteiger partial charge in [-0.25, -0.2) is 0 Å². The van der Waals surface area contributed by atoms with Crippen molar-refractivity contribution in [1.82, 2.24) is 14.7 Å². The Labute approximate surface area is 150 Å². The number of aromatic nitrogens is 2. The number of anilines is 2. The standard InChI is InChI=1S/C18H19N5O3/c1-3-16(24)20-14-6-4-13(5-7-14)18(26)22-8-9-23(17(25)12-22)15-10-19-21(2)11-15/h3-7,10-11H,1,8-9,12H2,2H3,(H,20,24). The quantitative estimate of drug-likeness (QED) is 0.832. The van der Waals surface area contributed by atoms with E-state index in [2.05, 4.69) is 17.0 Å². The Morgan fingerprint density at radius 2 is 1.96 bits per heavy atom. The summed E-state index contributed by atoms with van der Waals surface area (Å²) in [6.07, 6.45) is 4.57. The van der Waals surface area contributed by atoms with Crippen LogP contribution in [0.1, 0.15) is 10.4 Å². The summed E-state index contributed by atoms with van der Waals surface area (Å²) >= 11 is 0. The summed E-state index contributed by atoms with van der Waals surface area (Å²) in [5, 5.41) is 6.69. The van der Waals surface area contributed by atoms with E-state index in [0.717, 1.165) is 5.69 Å². The fourth-order valence-electron chi connectivity index (χ4n) is 2.74. The van der Waals surface area contributed by atoms with Gasteiger partial charge in [-0.2, -0.15) is 5.10 Å². The summed E-state index contributed by atoms with van der Waals surface area (Å²) in [5.74, 6) is -0.681. The molecule has 0 spiro atoms. The number of benzene rings is 1. The lowest BCUT2D eigenvalue weighted by Crippen LogP contribution is -2.52. The number of nitrogens with one attached hydrogen (secondary N) is 1. The molecule has 3 rings (SSSR count). The molecule has 0 atom stereocenters. The second-order valence-electron chi connectivity index (χ2n) is 5.92. The van der Waals surface area contributed by atoms with E-state index in [0.29, 0.717) is 24.3 Å². The smallest absolute Gasteiger partial charge is 0.254 e. The van der Waals surface area contributed by atoms with Crippen LogP contribution >= 0.6 is 0 Å². The molecule has 1 aliphatic rings. The van der Waals surface area contributed by atoms with Crippen LogP contribution in [0.4, 0.5) is 11.4 Å². The molecule has 1 aromatic heterocycles. The lowest BCUT2D eigenvalue weighted by Gasteiger charge is -2.33. The van der Waals surface area contributed by atoms with Crippen molar-refractivity contribution in [1.29, 1.82) is 0 Å². The monoisotopic (exact) mass is 353 g/mol. The highest BCUT2D eigenvalue weighted by Crippen LogP contribution is 2.18. The second kappa shape index (κ2) is 7.22. The lowest BCUT2D eigenvalue weighted by atomic mass is 10.1. The van der Waals surface area contributed by atoms with Crippen LogP contribution in [-0.2, 0) is 16.6 Å². The number of carbonyl (C=O) groups is 3. The molecule has 134 valence electrons. The highest BCUT2D eigenvalue weighted by atomic mass is 16.2. The van der Waals surface area contributed by atoms with Crippen molar-refractivity contribution in [2.45, 2.75) is 0 Å². The zero-order valence-electron chi connectivity index (χ0n) is 14.4. The minimum absolute atomic E-state index is 0.0165. The Kier molecular flexibility index (Phi) is 4.83. The Hall–Kier alpha value is -3.42. The van der Waals surface area contributed by atoms with Crippen molar-refractivity contribution in [2.75, 3.05) is 29.9 Å². The Balaban J connectivity index is 1.65. The number of amides is 3. The van der Waals surface area contributed by atoms with Crippen LogP contribution in [0, 0.1) is 0 Å². The van der Waals surface area contributed by atoms with Crippen molar-refractivity contribution < 1.29 is 14.4 Å². The molecule has 26 heavy (non-hydrogen) atoms. The van der Waals surface area contributed by atoms with Gasteiger partial charge in [0.1, 0.15) is 6.54 Å². The van der Waals surface area contributed by atoms with Crippen LogP contribution in [0.15, 0.2) is 49.3 Å². The molecule has 8 nitrogen and oxygen atoms in total. The number of aryl methyl sites for hydroxylation is 1. The maximum atomic E-state index is 12.6. The van der Waals surface area contributed by atoms with Gasteiger partial charge in [0.2, 0.25) is 11.8 Å². The normalized spacial score (nSPS) is 14.3. The third-order valence-corrected chi connectivity index (χ3v) is 4.10. The molecule has 0 aliphatic carbocycles. The molecule has 1 fully saturated rings. The zero-order chi connectivity index (χ0) is 18.7. The minimum Gasteiger partial charge on any atom is -0.328 e. The third-order valence-electron chi connectivity index (χ3n) is 4.10. The first-order valence-electron chi connectivity index (χ1n) is 8.09. The second-order valence-corrected chi connectivity index (χ2v) is 5.92. The largest absolute Gasteiger partial charge is 0.328 e. The number of hydrogen-bond acceptors (Lipinski definition) is 4. The summed E-state index contributed by atoms with van der Waals surface area (Å²) < 4.78 is 1.63. The van der Waals surface area contributed by atoms with Crippen molar-refractivity contribution in [3.05, 3.63) is 54.9 Å². The maximum absolute atomic E-state index is 12.6. The molecule has 1 aromatic carbocycles. The Morgan fingerprint density at radius 1 is 1.23 bits per heavy atom. The first kappa shape index (κ1) is 17.4. The highest BCUT2D eigenvalue weighted by molar-refractivity contribution is 6.02. The molecule has 3 amide bonds. The van der Waals surface area contributed by atoms with Gasteiger partial charge in [0.15, 0.2) is 0 Å². The lowest BCUT2D eigenvalue weighted by molar-refractivity contribution is -0.120. The van der Waals surface area contributed by atoms with E-state index >= 15 is 0 Å². The maximum Gasteiger partial charge on any atom is 0.254 e. The van der Waals surface area contributed by atoms with Gasteiger partial charge in [0.05, 0.1) is 11.9 Å². The van der Waals surface area contributed by atoms with Gasteiger partial charge in [0.25, 0.3) is 5.91 Å². The van der Waals surface area contributed by atoms with Gasteiger partial charge < -0.3 is 15.1 Å². The molecule has 0 bridgehead atoms. The Morgan fingerprint density at radius 3 is 2.54 bits per heavy atom. The predicted octanol–water partition coefficient (Wildman–Crippen LogP) is 1.03. The van der Waals surface area contributed by atoms with Crippen molar-refractivity contribution in [3.63, 3.8) is 0 Å². The summed E-state index contributed by atoms with van der Waals surface area (Å²) in [6, 6.07) is 6.53. The van der Waals surface area contributed by atoms with E-state index < -0.39 is 0 Å². The topological polar surface area (TPSA) is 87.5 Å². The van der Waals surface area contributed by atoms with E-state index in [4.69, 9.17) is 0 Å². The van der Waals surface area contributed by atoms with Crippen LogP contribution in [-0.4, -0.2) is 52.0 Å². The fourth-order valence-corrected chi connectivity index (χ4v) is 2.74. The van der Waals surface area contributed by atoms with E-state index in [1.165, 1.54) is 11.0 Å². The highest BCUT2D eigenvalue weighted by Gasteiger charge is 2.29. The molecule has 2 heterocycles. The minimum atomic E-state index is -0.318. The molecule has 0 unspecified atom stereocenters. The average Bonchev–Trinajstić information content (AvgIpc) is 3.07. The van der Waals surface area contributed by atoms with Gasteiger partial charge >= 0.3 is 0 Å². The van der Waals surface area contributed by atoms with E-state index in [9.17, 15) is 14.4 Å². The van der Waals surface area contributed by atoms with Crippen molar-refractivity contribution in [3.8, 4) is 0 Å². The van der Waals surface area contributed by atoms with E-state index in [-0.39, 0.29) is 24.3 Å². The molecule has 8 heteroatoms. The Bertz CT molecular complexity index is 856. The number of hydrogen-bond donors (Lipinski definition) is 1. The average molecular weight is 353 g/mol. The first-order valence-corrected chi connectivity index (χ1v) is 8.09. The number of piperazine rings is 1. The number of nitrogens with zero attached hydrogens (tertiary/aromatic N) is 4. The van der Waals surface area contributed by atoms with Crippen LogP contribution < -0.4 is 10.2 Å². The molecule has 0 radical (unpaired) electrons. The van der Waals surface area contributed by atoms with Crippen LogP contribution in [0.5, 0.6) is 0 Å². The summed E-state index contributed by atoms with van der Waals surface area (Å²) in [7, 11) is 1.79. The van der Waals surface area contributed by atoms with Crippen LogP contribution in [0.25, 0.3) is 0 Å². The zero-order valence-corrected chi connectivity index (χ0v) is 14.4. The molecule has 1 saturated heterocycles. The van der Waals surface area contributed by atoms with E-state index in [1.807, 2.05) is 0 Å². The van der Waals surface area contributed by atoms with Gasteiger partial charge in [0, 0.05) is 37.6 Å². The molecular weight excluding hydrogens is 334 g/mol. The SMILES string of the molecule is C=CC(=O)Nc1ccc(C(=O)N2CCN(c3cnn(C)c3)C(=O)C2)cc1. The van der Waals surface area contributed by atoms with Crippen LogP contribution in [0.3, 0.4) is 0 Å². The van der Waals surface area contributed by atoms with Gasteiger partial charge in [-0.3, -0.25) is 19.1 Å². The number of carbonyl (C=O) groups excluding carboxylic acids is 3. The molecular formula is C18H19N5O3. The van der Waals surface area contributed by atoms with E-state index in [1.54, 1.807) is 53.3 Å². The molecule has 0 saturated carbocycles. The van der Waals surface area contributed by atoms with Crippen molar-refractivity contribution in [2.24, 2.45) is 7.05 Å². The summed E-state index contributed by atoms with van der Waals surface area (Å²) in [6.45, 7) is 4.26. The molecule has 2 aromatic rings. The summed E-state index contributed by atoms with van der Waals surface area (Å²) in [4.78, 5) is 39.4.